The van der Waals surface area contributed by atoms with Crippen molar-refractivity contribution in [3.05, 3.63) is 29.5 Å². The normalized spacial score (nSPS) is 12.6. The minimum Gasteiger partial charge on any atom is -0.462 e. The first-order valence-corrected chi connectivity index (χ1v) is 7.86. The van der Waals surface area contributed by atoms with E-state index in [1.165, 1.54) is 11.3 Å². The summed E-state index contributed by atoms with van der Waals surface area (Å²) in [5, 5.41) is 14.6. The molecule has 5 nitrogen and oxygen atoms in total. The molecule has 0 saturated heterocycles. The zero-order valence-electron chi connectivity index (χ0n) is 12.2. The molecule has 0 radical (unpaired) electrons. The molecule has 114 valence electrons. The second-order valence-electron chi connectivity index (χ2n) is 5.23. The van der Waals surface area contributed by atoms with Gasteiger partial charge in [0.1, 0.15) is 0 Å². The molecule has 6 heteroatoms. The lowest BCUT2D eigenvalue weighted by molar-refractivity contribution is -0.121. The lowest BCUT2D eigenvalue weighted by atomic mass is 10.0. The number of aromatic nitrogens is 1. The van der Waals surface area contributed by atoms with Gasteiger partial charge in [-0.1, -0.05) is 13.8 Å². The summed E-state index contributed by atoms with van der Waals surface area (Å²) >= 11 is 1.46. The summed E-state index contributed by atoms with van der Waals surface area (Å²) < 4.78 is 5.29. The van der Waals surface area contributed by atoms with Gasteiger partial charge in [-0.05, 0) is 24.5 Å². The van der Waals surface area contributed by atoms with Crippen molar-refractivity contribution in [1.82, 2.24) is 10.3 Å². The molecule has 21 heavy (non-hydrogen) atoms. The van der Waals surface area contributed by atoms with Crippen LogP contribution in [-0.4, -0.2) is 28.6 Å². The molecule has 2 rings (SSSR count). The average Bonchev–Trinajstić information content (AvgIpc) is 3.08. The van der Waals surface area contributed by atoms with Gasteiger partial charge >= 0.3 is 0 Å². The molecule has 0 spiro atoms. The van der Waals surface area contributed by atoms with Crippen molar-refractivity contribution in [3.8, 4) is 10.8 Å². The van der Waals surface area contributed by atoms with E-state index >= 15 is 0 Å². The quantitative estimate of drug-likeness (QED) is 0.824. The lowest BCUT2D eigenvalue weighted by Gasteiger charge is -2.21. The first-order chi connectivity index (χ1) is 10.1. The number of rotatable bonds is 7. The van der Waals surface area contributed by atoms with Crippen LogP contribution in [0.1, 0.15) is 26.0 Å². The Morgan fingerprint density at radius 3 is 2.95 bits per heavy atom. The largest absolute Gasteiger partial charge is 0.462 e. The van der Waals surface area contributed by atoms with Crippen LogP contribution in [0, 0.1) is 5.92 Å². The molecular formula is C15H20N2O3S. The van der Waals surface area contributed by atoms with Gasteiger partial charge < -0.3 is 14.8 Å². The van der Waals surface area contributed by atoms with Gasteiger partial charge in [0, 0.05) is 18.0 Å². The zero-order valence-corrected chi connectivity index (χ0v) is 13.0. The third kappa shape index (κ3) is 4.41. The molecular weight excluding hydrogens is 288 g/mol. The van der Waals surface area contributed by atoms with Gasteiger partial charge in [-0.2, -0.15) is 0 Å². The Hall–Kier alpha value is -1.66. The van der Waals surface area contributed by atoms with E-state index < -0.39 is 0 Å². The predicted molar refractivity (Wildman–Crippen MR) is 82.0 cm³/mol. The Morgan fingerprint density at radius 2 is 2.33 bits per heavy atom. The maximum atomic E-state index is 12.0. The highest BCUT2D eigenvalue weighted by atomic mass is 32.1. The maximum Gasteiger partial charge on any atom is 0.226 e. The fraction of sp³-hybridized carbons (Fsp3) is 0.467. The van der Waals surface area contributed by atoms with Crippen molar-refractivity contribution in [1.29, 1.82) is 0 Å². The van der Waals surface area contributed by atoms with Gasteiger partial charge in [-0.25, -0.2) is 4.98 Å². The lowest BCUT2D eigenvalue weighted by Crippen LogP contribution is -2.40. The van der Waals surface area contributed by atoms with Crippen LogP contribution >= 0.6 is 11.3 Å². The smallest absolute Gasteiger partial charge is 0.226 e. The van der Waals surface area contributed by atoms with Crippen LogP contribution in [0.2, 0.25) is 0 Å². The molecule has 0 aromatic carbocycles. The van der Waals surface area contributed by atoms with Gasteiger partial charge in [0.25, 0.3) is 0 Å². The number of hydrogen-bond donors (Lipinski definition) is 2. The standard InChI is InChI=1S/C15H20N2O3S/c1-10(2)12(5-6-18)17-14(19)8-11-9-21-15(16-11)13-4-3-7-20-13/h3-4,7,9-10,12,18H,5-6,8H2,1-2H3,(H,17,19). The molecule has 1 atom stereocenters. The molecule has 2 heterocycles. The minimum atomic E-state index is -0.0709. The number of hydrogen-bond acceptors (Lipinski definition) is 5. The molecule has 2 aromatic rings. The maximum absolute atomic E-state index is 12.0. The third-order valence-corrected chi connectivity index (χ3v) is 4.12. The molecule has 0 aliphatic carbocycles. The van der Waals surface area contributed by atoms with Gasteiger partial charge in [0.15, 0.2) is 10.8 Å². The molecule has 0 aliphatic heterocycles. The summed E-state index contributed by atoms with van der Waals surface area (Å²) in [4.78, 5) is 16.5. The van der Waals surface area contributed by atoms with Crippen molar-refractivity contribution in [2.24, 2.45) is 5.92 Å². The van der Waals surface area contributed by atoms with E-state index in [1.54, 1.807) is 6.26 Å². The Balaban J connectivity index is 1.93. The number of aliphatic hydroxyl groups excluding tert-OH is 1. The van der Waals surface area contributed by atoms with E-state index in [0.29, 0.717) is 12.2 Å². The Morgan fingerprint density at radius 1 is 1.52 bits per heavy atom. The van der Waals surface area contributed by atoms with Crippen LogP contribution in [0.25, 0.3) is 10.8 Å². The zero-order chi connectivity index (χ0) is 15.2. The van der Waals surface area contributed by atoms with E-state index in [2.05, 4.69) is 10.3 Å². The molecule has 0 aliphatic rings. The summed E-state index contributed by atoms with van der Waals surface area (Å²) in [6, 6.07) is 3.65. The number of carbonyl (C=O) groups excluding carboxylic acids is 1. The van der Waals surface area contributed by atoms with Crippen LogP contribution in [0.3, 0.4) is 0 Å². The van der Waals surface area contributed by atoms with Crippen molar-refractivity contribution in [2.45, 2.75) is 32.7 Å². The number of nitrogens with one attached hydrogen (secondary N) is 1. The summed E-state index contributed by atoms with van der Waals surface area (Å²) in [6.07, 6.45) is 2.41. The SMILES string of the molecule is CC(C)C(CCO)NC(=O)Cc1csc(-c2ccco2)n1. The highest BCUT2D eigenvalue weighted by molar-refractivity contribution is 7.13. The van der Waals surface area contributed by atoms with Gasteiger partial charge in [-0.15, -0.1) is 11.3 Å². The molecule has 0 saturated carbocycles. The Kier molecular flexibility index (Phi) is 5.52. The number of carbonyl (C=O) groups is 1. The highest BCUT2D eigenvalue weighted by Crippen LogP contribution is 2.24. The van der Waals surface area contributed by atoms with Gasteiger partial charge in [0.2, 0.25) is 5.91 Å². The fourth-order valence-corrected chi connectivity index (χ4v) is 2.82. The molecule has 2 aromatic heterocycles. The number of furan rings is 1. The van der Waals surface area contributed by atoms with E-state index in [1.807, 2.05) is 31.4 Å². The number of amides is 1. The number of aliphatic hydroxyl groups is 1. The molecule has 2 N–H and O–H groups in total. The van der Waals surface area contributed by atoms with Crippen LogP contribution in [-0.2, 0) is 11.2 Å². The molecule has 1 unspecified atom stereocenters. The molecule has 1 amide bonds. The van der Waals surface area contributed by atoms with Crippen molar-refractivity contribution in [2.75, 3.05) is 6.61 Å². The number of thiazole rings is 1. The van der Waals surface area contributed by atoms with Crippen molar-refractivity contribution in [3.63, 3.8) is 0 Å². The van der Waals surface area contributed by atoms with Crippen LogP contribution in [0.15, 0.2) is 28.2 Å². The van der Waals surface area contributed by atoms with Crippen molar-refractivity contribution >= 4 is 17.2 Å². The minimum absolute atomic E-state index is 0.00863. The number of nitrogens with zero attached hydrogens (tertiary/aromatic N) is 1. The highest BCUT2D eigenvalue weighted by Gasteiger charge is 2.17. The summed E-state index contributed by atoms with van der Waals surface area (Å²) in [7, 11) is 0. The summed E-state index contributed by atoms with van der Waals surface area (Å²) in [5.74, 6) is 0.931. The topological polar surface area (TPSA) is 75.4 Å². The molecule has 0 bridgehead atoms. The van der Waals surface area contributed by atoms with Crippen LogP contribution < -0.4 is 5.32 Å². The second kappa shape index (κ2) is 7.38. The van der Waals surface area contributed by atoms with Crippen LogP contribution in [0.4, 0.5) is 0 Å². The predicted octanol–water partition coefficient (Wildman–Crippen LogP) is 2.47. The first-order valence-electron chi connectivity index (χ1n) is 6.98. The van der Waals surface area contributed by atoms with Crippen molar-refractivity contribution < 1.29 is 14.3 Å². The third-order valence-electron chi connectivity index (χ3n) is 3.22. The van der Waals surface area contributed by atoms with E-state index in [0.717, 1.165) is 10.7 Å². The van der Waals surface area contributed by atoms with Crippen LogP contribution in [0.5, 0.6) is 0 Å². The van der Waals surface area contributed by atoms with E-state index in [-0.39, 0.29) is 30.9 Å². The van der Waals surface area contributed by atoms with Gasteiger partial charge in [0.05, 0.1) is 18.4 Å². The monoisotopic (exact) mass is 308 g/mol. The second-order valence-corrected chi connectivity index (χ2v) is 6.09. The first kappa shape index (κ1) is 15.7. The Bertz CT molecular complexity index is 563. The van der Waals surface area contributed by atoms with E-state index in [9.17, 15) is 4.79 Å². The summed E-state index contributed by atoms with van der Waals surface area (Å²) in [6.45, 7) is 4.12. The summed E-state index contributed by atoms with van der Waals surface area (Å²) in [5.41, 5.74) is 0.732. The van der Waals surface area contributed by atoms with Gasteiger partial charge in [-0.3, -0.25) is 4.79 Å². The molecule has 0 fully saturated rings. The van der Waals surface area contributed by atoms with E-state index in [4.69, 9.17) is 9.52 Å². The fourth-order valence-electron chi connectivity index (χ4n) is 2.04. The average molecular weight is 308 g/mol. The Labute approximate surface area is 128 Å².